The Bertz CT molecular complexity index is 559. The minimum atomic E-state index is -0.469. The van der Waals surface area contributed by atoms with Gasteiger partial charge in [0, 0.05) is 11.4 Å². The van der Waals surface area contributed by atoms with E-state index in [0.717, 1.165) is 17.0 Å². The minimum absolute atomic E-state index is 0.0544. The van der Waals surface area contributed by atoms with E-state index >= 15 is 0 Å². The van der Waals surface area contributed by atoms with Crippen LogP contribution in [0.3, 0.4) is 0 Å². The van der Waals surface area contributed by atoms with Crippen LogP contribution in [0.25, 0.3) is 5.65 Å². The molecule has 2 heterocycles. The van der Waals surface area contributed by atoms with Gasteiger partial charge in [-0.1, -0.05) is 0 Å². The van der Waals surface area contributed by atoms with Gasteiger partial charge in [0.25, 0.3) is 0 Å². The van der Waals surface area contributed by atoms with E-state index < -0.39 is 4.92 Å². The highest BCUT2D eigenvalue weighted by Crippen LogP contribution is 2.20. The van der Waals surface area contributed by atoms with Gasteiger partial charge in [0.05, 0.1) is 4.92 Å². The second-order valence-electron chi connectivity index (χ2n) is 3.43. The second kappa shape index (κ2) is 3.01. The van der Waals surface area contributed by atoms with Crippen molar-refractivity contribution in [1.29, 1.82) is 0 Å². The van der Waals surface area contributed by atoms with Gasteiger partial charge in [0.15, 0.2) is 0 Å². The van der Waals surface area contributed by atoms with Gasteiger partial charge in [-0.3, -0.25) is 10.1 Å². The van der Waals surface area contributed by atoms with Gasteiger partial charge in [0.2, 0.25) is 5.65 Å². The Hall–Kier alpha value is -1.98. The summed E-state index contributed by atoms with van der Waals surface area (Å²) in [5, 5.41) is 14.6. The van der Waals surface area contributed by atoms with Gasteiger partial charge >= 0.3 is 5.69 Å². The highest BCUT2D eigenvalue weighted by molar-refractivity contribution is 5.59. The van der Waals surface area contributed by atoms with Gasteiger partial charge in [-0.2, -0.15) is 5.10 Å². The standard InChI is InChI=1S/C9H10N4O2/c1-5-6(2)11-9-8(13(14)15)4-10-12(9)7(5)3/h4H,1-3H3. The number of nitro groups is 1. The van der Waals surface area contributed by atoms with E-state index in [4.69, 9.17) is 0 Å². The van der Waals surface area contributed by atoms with Gasteiger partial charge in [-0.25, -0.2) is 9.50 Å². The lowest BCUT2D eigenvalue weighted by Crippen LogP contribution is -2.02. The summed E-state index contributed by atoms with van der Waals surface area (Å²) in [6.45, 7) is 5.62. The summed E-state index contributed by atoms with van der Waals surface area (Å²) in [7, 11) is 0. The first-order valence-electron chi connectivity index (χ1n) is 4.48. The molecule has 2 rings (SSSR count). The molecule has 6 heteroatoms. The fourth-order valence-corrected chi connectivity index (χ4v) is 1.48. The van der Waals surface area contributed by atoms with Crippen LogP contribution in [0.4, 0.5) is 5.69 Å². The molecule has 0 atom stereocenters. The molecule has 0 aromatic carbocycles. The van der Waals surface area contributed by atoms with Crippen molar-refractivity contribution in [2.24, 2.45) is 0 Å². The molecule has 0 aliphatic carbocycles. The van der Waals surface area contributed by atoms with Crippen molar-refractivity contribution in [3.8, 4) is 0 Å². The van der Waals surface area contributed by atoms with E-state index in [1.807, 2.05) is 20.8 Å². The average molecular weight is 206 g/mol. The average Bonchev–Trinajstić information content (AvgIpc) is 2.58. The fraction of sp³-hybridized carbons (Fsp3) is 0.333. The van der Waals surface area contributed by atoms with Crippen molar-refractivity contribution < 1.29 is 4.92 Å². The van der Waals surface area contributed by atoms with Gasteiger partial charge in [-0.15, -0.1) is 0 Å². The summed E-state index contributed by atoms with van der Waals surface area (Å²) >= 11 is 0. The molecule has 6 nitrogen and oxygen atoms in total. The van der Waals surface area contributed by atoms with Crippen molar-refractivity contribution in [3.63, 3.8) is 0 Å². The Labute approximate surface area is 85.7 Å². The maximum Gasteiger partial charge on any atom is 0.333 e. The van der Waals surface area contributed by atoms with E-state index in [-0.39, 0.29) is 5.69 Å². The normalized spacial score (nSPS) is 10.9. The first-order valence-corrected chi connectivity index (χ1v) is 4.48. The lowest BCUT2D eigenvalue weighted by atomic mass is 10.2. The summed E-state index contributed by atoms with van der Waals surface area (Å²) in [6, 6.07) is 0. The van der Waals surface area contributed by atoms with E-state index in [1.54, 1.807) is 0 Å². The number of aryl methyl sites for hydroxylation is 2. The van der Waals surface area contributed by atoms with Crippen LogP contribution < -0.4 is 0 Å². The molecule has 0 N–H and O–H groups in total. The second-order valence-corrected chi connectivity index (χ2v) is 3.43. The Balaban J connectivity index is 2.89. The summed E-state index contributed by atoms with van der Waals surface area (Å²) in [5.74, 6) is 0. The van der Waals surface area contributed by atoms with Crippen LogP contribution in [0.5, 0.6) is 0 Å². The molecule has 78 valence electrons. The first kappa shape index (κ1) is 9.57. The van der Waals surface area contributed by atoms with Crippen LogP contribution in [0, 0.1) is 30.9 Å². The van der Waals surface area contributed by atoms with Crippen LogP contribution >= 0.6 is 0 Å². The maximum absolute atomic E-state index is 10.7. The molecule has 0 spiro atoms. The van der Waals surface area contributed by atoms with E-state index in [0.29, 0.717) is 5.65 Å². The van der Waals surface area contributed by atoms with Crippen molar-refractivity contribution in [3.05, 3.63) is 33.3 Å². The van der Waals surface area contributed by atoms with Gasteiger partial charge < -0.3 is 0 Å². The molecule has 0 amide bonds. The summed E-state index contributed by atoms with van der Waals surface area (Å²) in [6.07, 6.45) is 1.23. The van der Waals surface area contributed by atoms with Crippen LogP contribution in [0.15, 0.2) is 6.20 Å². The molecule has 0 unspecified atom stereocenters. The topological polar surface area (TPSA) is 73.3 Å². The third-order valence-corrected chi connectivity index (χ3v) is 2.60. The fourth-order valence-electron chi connectivity index (χ4n) is 1.48. The molecule has 2 aromatic rings. The molecule has 0 saturated carbocycles. The Morgan fingerprint density at radius 1 is 1.40 bits per heavy atom. The zero-order chi connectivity index (χ0) is 11.2. The van der Waals surface area contributed by atoms with E-state index in [1.165, 1.54) is 10.7 Å². The number of hydrogen-bond acceptors (Lipinski definition) is 4. The lowest BCUT2D eigenvalue weighted by Gasteiger charge is -2.05. The summed E-state index contributed by atoms with van der Waals surface area (Å²) in [4.78, 5) is 14.4. The zero-order valence-electron chi connectivity index (χ0n) is 8.68. The van der Waals surface area contributed by atoms with Crippen LogP contribution in [-0.4, -0.2) is 19.5 Å². The molecule has 0 bridgehead atoms. The van der Waals surface area contributed by atoms with Crippen molar-refractivity contribution in [1.82, 2.24) is 14.6 Å². The largest absolute Gasteiger partial charge is 0.333 e. The third-order valence-electron chi connectivity index (χ3n) is 2.60. The molecule has 15 heavy (non-hydrogen) atoms. The quantitative estimate of drug-likeness (QED) is 0.524. The number of nitrogens with zero attached hydrogens (tertiary/aromatic N) is 4. The monoisotopic (exact) mass is 206 g/mol. The molecular weight excluding hydrogens is 196 g/mol. The molecule has 0 fully saturated rings. The van der Waals surface area contributed by atoms with Crippen molar-refractivity contribution >= 4 is 11.3 Å². The molecule has 0 aliphatic heterocycles. The SMILES string of the molecule is Cc1nc2c([N+](=O)[O-])cnn2c(C)c1C. The highest BCUT2D eigenvalue weighted by Gasteiger charge is 2.18. The maximum atomic E-state index is 10.7. The van der Waals surface area contributed by atoms with Gasteiger partial charge in [0.1, 0.15) is 6.20 Å². The predicted molar refractivity (Wildman–Crippen MR) is 53.9 cm³/mol. The van der Waals surface area contributed by atoms with Crippen molar-refractivity contribution in [2.45, 2.75) is 20.8 Å². The highest BCUT2D eigenvalue weighted by atomic mass is 16.6. The summed E-state index contributed by atoms with van der Waals surface area (Å²) < 4.78 is 1.50. The predicted octanol–water partition coefficient (Wildman–Crippen LogP) is 1.56. The zero-order valence-corrected chi connectivity index (χ0v) is 8.68. The van der Waals surface area contributed by atoms with E-state index in [2.05, 4.69) is 10.1 Å². The Kier molecular flexibility index (Phi) is 1.92. The van der Waals surface area contributed by atoms with Crippen molar-refractivity contribution in [2.75, 3.05) is 0 Å². The lowest BCUT2D eigenvalue weighted by molar-refractivity contribution is -0.383. The Morgan fingerprint density at radius 3 is 2.67 bits per heavy atom. The number of aromatic nitrogens is 3. The van der Waals surface area contributed by atoms with Crippen LogP contribution in [0.2, 0.25) is 0 Å². The molecule has 2 aromatic heterocycles. The van der Waals surface area contributed by atoms with Crippen LogP contribution in [-0.2, 0) is 0 Å². The first-order chi connectivity index (χ1) is 7.02. The Morgan fingerprint density at radius 2 is 2.07 bits per heavy atom. The number of fused-ring (bicyclic) bond motifs is 1. The number of hydrogen-bond donors (Lipinski definition) is 0. The smallest absolute Gasteiger partial charge is 0.258 e. The molecular formula is C9H10N4O2. The summed E-state index contributed by atoms with van der Waals surface area (Å²) in [5.41, 5.74) is 2.93. The third kappa shape index (κ3) is 1.25. The molecule has 0 aliphatic rings. The van der Waals surface area contributed by atoms with Crippen LogP contribution in [0.1, 0.15) is 17.0 Å². The molecule has 0 saturated heterocycles. The number of rotatable bonds is 1. The van der Waals surface area contributed by atoms with Gasteiger partial charge in [-0.05, 0) is 26.3 Å². The molecule has 0 radical (unpaired) electrons. The minimum Gasteiger partial charge on any atom is -0.258 e. The van der Waals surface area contributed by atoms with E-state index in [9.17, 15) is 10.1 Å².